The van der Waals surface area contributed by atoms with E-state index in [2.05, 4.69) is 10.3 Å². The molecule has 5 rings (SSSR count). The van der Waals surface area contributed by atoms with Crippen LogP contribution >= 0.6 is 34.8 Å². The molecule has 1 unspecified atom stereocenters. The van der Waals surface area contributed by atoms with Crippen molar-refractivity contribution >= 4 is 57.4 Å². The number of hydrogen-bond donors (Lipinski definition) is 1. The van der Waals surface area contributed by atoms with Crippen molar-refractivity contribution < 1.29 is 18.0 Å². The number of piperidine rings is 1. The monoisotopic (exact) mass is 609 g/mol. The van der Waals surface area contributed by atoms with E-state index in [1.807, 2.05) is 11.6 Å². The number of amides is 1. The van der Waals surface area contributed by atoms with Crippen LogP contribution in [0.2, 0.25) is 15.1 Å². The van der Waals surface area contributed by atoms with Gasteiger partial charge < -0.3 is 14.8 Å². The van der Waals surface area contributed by atoms with Crippen LogP contribution in [-0.4, -0.2) is 39.7 Å². The van der Waals surface area contributed by atoms with Gasteiger partial charge in [0.05, 0.1) is 32.7 Å². The zero-order valence-electron chi connectivity index (χ0n) is 21.4. The van der Waals surface area contributed by atoms with Crippen LogP contribution in [0.15, 0.2) is 48.7 Å². The van der Waals surface area contributed by atoms with Crippen molar-refractivity contribution in [3.05, 3.63) is 86.4 Å². The molecule has 2 aromatic heterocycles. The molecule has 0 bridgehead atoms. The Morgan fingerprint density at radius 1 is 1.12 bits per heavy atom. The first-order valence-electron chi connectivity index (χ1n) is 12.6. The summed E-state index contributed by atoms with van der Waals surface area (Å²) in [6, 6.07) is 12.0. The third kappa shape index (κ3) is 5.87. The Morgan fingerprint density at radius 3 is 2.65 bits per heavy atom. The molecule has 3 heterocycles. The van der Waals surface area contributed by atoms with Crippen LogP contribution in [0.3, 0.4) is 0 Å². The molecule has 2 aromatic carbocycles. The van der Waals surface area contributed by atoms with E-state index in [4.69, 9.17) is 39.8 Å². The number of rotatable bonds is 6. The van der Waals surface area contributed by atoms with Crippen LogP contribution in [0.5, 0.6) is 0 Å². The highest BCUT2D eigenvalue weighted by molar-refractivity contribution is 6.36. The Hall–Kier alpha value is -3.01. The topological polar surface area (TPSA) is 63.1 Å². The Morgan fingerprint density at radius 2 is 1.93 bits per heavy atom. The number of aryl methyl sites for hydroxylation is 1. The Labute approximate surface area is 244 Å². The summed E-state index contributed by atoms with van der Waals surface area (Å²) in [5.74, 6) is -1.07. The normalized spacial score (nSPS) is 16.0. The molecule has 1 saturated heterocycles. The van der Waals surface area contributed by atoms with Crippen LogP contribution in [0.25, 0.3) is 11.0 Å². The molecule has 4 aromatic rings. The lowest BCUT2D eigenvalue weighted by atomic mass is 9.97. The van der Waals surface area contributed by atoms with Gasteiger partial charge in [0.2, 0.25) is 0 Å². The second kappa shape index (κ2) is 11.5. The van der Waals surface area contributed by atoms with Gasteiger partial charge in [0.1, 0.15) is 11.5 Å². The maximum atomic E-state index is 13.4. The van der Waals surface area contributed by atoms with E-state index in [0.717, 1.165) is 5.52 Å². The zero-order chi connectivity index (χ0) is 28.6. The van der Waals surface area contributed by atoms with Gasteiger partial charge in [0.25, 0.3) is 5.91 Å². The number of anilines is 1. The van der Waals surface area contributed by atoms with Crippen LogP contribution in [0, 0.1) is 5.92 Å². The average Bonchev–Trinajstić information content (AvgIpc) is 3.23. The van der Waals surface area contributed by atoms with Gasteiger partial charge in [-0.3, -0.25) is 9.78 Å². The summed E-state index contributed by atoms with van der Waals surface area (Å²) >= 11 is 19.8. The number of benzene rings is 2. The van der Waals surface area contributed by atoms with Gasteiger partial charge in [-0.25, -0.2) is 4.98 Å². The predicted octanol–water partition coefficient (Wildman–Crippen LogP) is 7.23. The average molecular weight is 611 g/mol. The van der Waals surface area contributed by atoms with E-state index in [9.17, 15) is 18.0 Å². The van der Waals surface area contributed by atoms with Gasteiger partial charge in [-0.15, -0.1) is 0 Å². The second-order valence-corrected chi connectivity index (χ2v) is 11.0. The van der Waals surface area contributed by atoms with Gasteiger partial charge in [-0.2, -0.15) is 13.2 Å². The van der Waals surface area contributed by atoms with Crippen molar-refractivity contribution in [1.82, 2.24) is 19.9 Å². The van der Waals surface area contributed by atoms with E-state index in [0.29, 0.717) is 61.9 Å². The highest BCUT2D eigenvalue weighted by Crippen LogP contribution is 2.39. The van der Waals surface area contributed by atoms with Crippen molar-refractivity contribution in [3.8, 4) is 0 Å². The molecule has 0 saturated carbocycles. The number of carbonyl (C=O) groups excluding carboxylic acids is 1. The van der Waals surface area contributed by atoms with Crippen molar-refractivity contribution in [2.24, 2.45) is 13.0 Å². The fourth-order valence-corrected chi connectivity index (χ4v) is 5.83. The number of carbonyl (C=O) groups is 1. The third-order valence-electron chi connectivity index (χ3n) is 7.20. The second-order valence-electron chi connectivity index (χ2n) is 9.78. The number of nitrogens with one attached hydrogen (secondary N) is 1. The lowest BCUT2D eigenvalue weighted by molar-refractivity contribution is -0.175. The first-order valence-corrected chi connectivity index (χ1v) is 13.8. The lowest BCUT2D eigenvalue weighted by Crippen LogP contribution is -2.41. The van der Waals surface area contributed by atoms with Crippen LogP contribution in [0.4, 0.5) is 18.9 Å². The maximum Gasteiger partial charge on any atom is 0.393 e. The SMILES string of the molecule is Cn1c(Cc2c(Cl)ccc(CNC(=O)c3ccccn3)c2Cl)nc2cc(Cl)c(N3CCCC(C(F)(F)F)C3)cc21. The minimum atomic E-state index is -4.25. The summed E-state index contributed by atoms with van der Waals surface area (Å²) in [5, 5.41) is 4.02. The highest BCUT2D eigenvalue weighted by Gasteiger charge is 2.42. The van der Waals surface area contributed by atoms with Gasteiger partial charge in [0, 0.05) is 44.3 Å². The largest absolute Gasteiger partial charge is 0.393 e. The number of nitrogens with zero attached hydrogens (tertiary/aromatic N) is 4. The van der Waals surface area contributed by atoms with E-state index in [1.54, 1.807) is 53.6 Å². The van der Waals surface area contributed by atoms with Crippen LogP contribution in [0.1, 0.15) is 40.3 Å². The molecule has 0 aliphatic carbocycles. The Kier molecular flexibility index (Phi) is 8.17. The number of fused-ring (bicyclic) bond motifs is 1. The molecule has 1 aliphatic rings. The molecule has 40 heavy (non-hydrogen) atoms. The number of imidazole rings is 1. The first-order chi connectivity index (χ1) is 19.0. The lowest BCUT2D eigenvalue weighted by Gasteiger charge is -2.35. The zero-order valence-corrected chi connectivity index (χ0v) is 23.7. The highest BCUT2D eigenvalue weighted by atomic mass is 35.5. The number of pyridine rings is 1. The smallest absolute Gasteiger partial charge is 0.370 e. The van der Waals surface area contributed by atoms with Crippen molar-refractivity contribution in [3.63, 3.8) is 0 Å². The van der Waals surface area contributed by atoms with Gasteiger partial charge >= 0.3 is 6.18 Å². The van der Waals surface area contributed by atoms with Crippen molar-refractivity contribution in [2.45, 2.75) is 32.0 Å². The molecule has 210 valence electrons. The quantitative estimate of drug-likeness (QED) is 0.250. The van der Waals surface area contributed by atoms with Gasteiger partial charge in [-0.1, -0.05) is 46.9 Å². The van der Waals surface area contributed by atoms with E-state index < -0.39 is 12.1 Å². The third-order valence-corrected chi connectivity index (χ3v) is 8.33. The summed E-state index contributed by atoms with van der Waals surface area (Å²) in [6.45, 7) is 0.542. The molecular formula is C28H25Cl3F3N5O. The standard InChI is InChI=1S/C28H25Cl3F3N5O/c1-38-24-13-23(39-10-4-5-17(15-39)28(32,33)34)20(30)12-22(24)37-25(38)11-18-19(29)8-7-16(26(18)31)14-36-27(40)21-6-2-3-9-35-21/h2-3,6-9,12-13,17H,4-5,10-11,14-15H2,1H3,(H,36,40). The number of alkyl halides is 3. The minimum Gasteiger partial charge on any atom is -0.370 e. The molecule has 1 aliphatic heterocycles. The number of aromatic nitrogens is 3. The molecule has 1 amide bonds. The van der Waals surface area contributed by atoms with Crippen molar-refractivity contribution in [1.29, 1.82) is 0 Å². The maximum absolute atomic E-state index is 13.4. The molecule has 1 atom stereocenters. The number of halogens is 6. The summed E-state index contributed by atoms with van der Waals surface area (Å²) < 4.78 is 42.1. The van der Waals surface area contributed by atoms with E-state index in [1.165, 1.54) is 0 Å². The molecule has 0 radical (unpaired) electrons. The summed E-state index contributed by atoms with van der Waals surface area (Å²) in [6.07, 6.45) is -1.87. The molecule has 6 nitrogen and oxygen atoms in total. The fourth-order valence-electron chi connectivity index (χ4n) is 4.98. The summed E-state index contributed by atoms with van der Waals surface area (Å²) in [5.41, 5.74) is 3.51. The van der Waals surface area contributed by atoms with Crippen LogP contribution in [-0.2, 0) is 20.0 Å². The Bertz CT molecular complexity index is 1560. The van der Waals surface area contributed by atoms with Crippen LogP contribution < -0.4 is 10.2 Å². The molecular weight excluding hydrogens is 586 g/mol. The predicted molar refractivity (Wildman–Crippen MR) is 151 cm³/mol. The van der Waals surface area contributed by atoms with Crippen molar-refractivity contribution in [2.75, 3.05) is 18.0 Å². The van der Waals surface area contributed by atoms with Gasteiger partial charge in [0.15, 0.2) is 0 Å². The molecule has 1 N–H and O–H groups in total. The molecule has 0 spiro atoms. The molecule has 1 fully saturated rings. The van der Waals surface area contributed by atoms with E-state index in [-0.39, 0.29) is 31.8 Å². The fraction of sp³-hybridized carbons (Fsp3) is 0.321. The number of hydrogen-bond acceptors (Lipinski definition) is 4. The minimum absolute atomic E-state index is 0.114. The van der Waals surface area contributed by atoms with E-state index >= 15 is 0 Å². The molecule has 12 heteroatoms. The summed E-state index contributed by atoms with van der Waals surface area (Å²) in [4.78, 5) is 22.9. The summed E-state index contributed by atoms with van der Waals surface area (Å²) in [7, 11) is 1.83. The first kappa shape index (κ1) is 28.5. The Balaban J connectivity index is 1.39. The van der Waals surface area contributed by atoms with Gasteiger partial charge in [-0.05, 0) is 54.3 Å².